The van der Waals surface area contributed by atoms with Crippen LogP contribution in [0.25, 0.3) is 20.9 Å². The molecular weight excluding hydrogens is 204 g/mol. The van der Waals surface area contributed by atoms with Crippen LogP contribution in [0, 0.1) is 5.92 Å². The summed E-state index contributed by atoms with van der Waals surface area (Å²) >= 11 is 0. The van der Waals surface area contributed by atoms with Gasteiger partial charge in [0.15, 0.2) is 0 Å². The molecule has 16 heavy (non-hydrogen) atoms. The van der Waals surface area contributed by atoms with Crippen molar-refractivity contribution in [2.75, 3.05) is 0 Å². The van der Waals surface area contributed by atoms with Crippen molar-refractivity contribution in [3.63, 3.8) is 0 Å². The van der Waals surface area contributed by atoms with Gasteiger partial charge in [-0.2, -0.15) is 0 Å². The summed E-state index contributed by atoms with van der Waals surface area (Å²) < 4.78 is 0. The van der Waals surface area contributed by atoms with Gasteiger partial charge in [-0.05, 0) is 42.7 Å². The molecule has 0 radical (unpaired) electrons. The van der Waals surface area contributed by atoms with Crippen molar-refractivity contribution >= 4 is 0 Å². The van der Waals surface area contributed by atoms with Gasteiger partial charge >= 0.3 is 0 Å². The molecule has 0 heterocycles. The maximum Gasteiger partial charge on any atom is 0.0460 e. The second-order valence-electron chi connectivity index (χ2n) is 5.30. The summed E-state index contributed by atoms with van der Waals surface area (Å²) in [5, 5.41) is 7.71. The van der Waals surface area contributed by atoms with E-state index in [9.17, 15) is 0 Å². The Labute approximate surface area is 95.3 Å². The molecule has 1 aliphatic rings. The highest BCUT2D eigenvalue weighted by atomic mass is 15.2. The van der Waals surface area contributed by atoms with Gasteiger partial charge in [0.25, 0.3) is 0 Å². The predicted octanol–water partition coefficient (Wildman–Crippen LogP) is 4.33. The van der Waals surface area contributed by atoms with Crippen LogP contribution in [0.1, 0.15) is 46.5 Å². The number of hydrogen-bond acceptors (Lipinski definition) is 2. The monoisotopic (exact) mass is 222 g/mol. The lowest BCUT2D eigenvalue weighted by Gasteiger charge is -2.39. The Bertz CT molecular complexity index is 340. The zero-order valence-corrected chi connectivity index (χ0v) is 10.1. The normalized spacial score (nSPS) is 30.1. The van der Waals surface area contributed by atoms with Crippen LogP contribution in [-0.4, -0.2) is 11.1 Å². The Balaban J connectivity index is 2.68. The van der Waals surface area contributed by atoms with Crippen molar-refractivity contribution in [3.8, 4) is 0 Å². The second-order valence-corrected chi connectivity index (χ2v) is 5.30. The SMILES string of the molecule is CC1(N=[N+]=[N-])CCC(C(C)(C)N=[N+]=[N-])CC1. The highest BCUT2D eigenvalue weighted by Gasteiger charge is 2.36. The van der Waals surface area contributed by atoms with Gasteiger partial charge in [-0.15, -0.1) is 0 Å². The van der Waals surface area contributed by atoms with Crippen LogP contribution < -0.4 is 0 Å². The van der Waals surface area contributed by atoms with Crippen molar-refractivity contribution in [2.24, 2.45) is 16.1 Å². The molecule has 0 atom stereocenters. The van der Waals surface area contributed by atoms with Gasteiger partial charge in [-0.25, -0.2) is 0 Å². The molecule has 0 aromatic heterocycles. The third-order valence-corrected chi connectivity index (χ3v) is 3.65. The quantitative estimate of drug-likeness (QED) is 0.385. The molecule has 0 aliphatic heterocycles. The Morgan fingerprint density at radius 1 is 1.19 bits per heavy atom. The topological polar surface area (TPSA) is 97.5 Å². The Morgan fingerprint density at radius 2 is 1.75 bits per heavy atom. The van der Waals surface area contributed by atoms with Crippen molar-refractivity contribution in [1.29, 1.82) is 0 Å². The van der Waals surface area contributed by atoms with E-state index < -0.39 is 0 Å². The summed E-state index contributed by atoms with van der Waals surface area (Å²) in [7, 11) is 0. The number of rotatable bonds is 3. The molecule has 0 amide bonds. The molecule has 6 heteroatoms. The molecule has 6 nitrogen and oxygen atoms in total. The smallest absolute Gasteiger partial charge is 0.0460 e. The van der Waals surface area contributed by atoms with Crippen molar-refractivity contribution in [3.05, 3.63) is 20.9 Å². The summed E-state index contributed by atoms with van der Waals surface area (Å²) in [5.74, 6) is 0.380. The van der Waals surface area contributed by atoms with Crippen molar-refractivity contribution < 1.29 is 0 Å². The van der Waals surface area contributed by atoms with E-state index >= 15 is 0 Å². The predicted molar refractivity (Wildman–Crippen MR) is 62.7 cm³/mol. The lowest BCUT2D eigenvalue weighted by atomic mass is 9.71. The fourth-order valence-electron chi connectivity index (χ4n) is 2.35. The number of hydrogen-bond donors (Lipinski definition) is 0. The zero-order valence-electron chi connectivity index (χ0n) is 10.1. The van der Waals surface area contributed by atoms with Crippen LogP contribution in [0.2, 0.25) is 0 Å². The minimum absolute atomic E-state index is 0.252. The third kappa shape index (κ3) is 2.81. The molecule has 1 rings (SSSR count). The molecule has 1 fully saturated rings. The Hall–Kier alpha value is -1.38. The Kier molecular flexibility index (Phi) is 3.68. The molecular formula is C10H18N6. The highest BCUT2D eigenvalue weighted by molar-refractivity contribution is 4.96. The van der Waals surface area contributed by atoms with E-state index in [0.29, 0.717) is 5.92 Å². The maximum atomic E-state index is 8.51. The van der Waals surface area contributed by atoms with E-state index in [-0.39, 0.29) is 11.1 Å². The fourth-order valence-corrected chi connectivity index (χ4v) is 2.35. The van der Waals surface area contributed by atoms with E-state index in [0.717, 1.165) is 25.7 Å². The minimum atomic E-state index is -0.341. The number of azide groups is 2. The lowest BCUT2D eigenvalue weighted by molar-refractivity contribution is 0.185. The molecule has 0 aromatic rings. The molecule has 1 aliphatic carbocycles. The summed E-state index contributed by atoms with van der Waals surface area (Å²) in [6, 6.07) is 0. The average Bonchev–Trinajstić information content (AvgIpc) is 2.18. The molecule has 0 bridgehead atoms. The van der Waals surface area contributed by atoms with Gasteiger partial charge in [-0.3, -0.25) is 0 Å². The van der Waals surface area contributed by atoms with Gasteiger partial charge in [-0.1, -0.05) is 31.0 Å². The highest BCUT2D eigenvalue weighted by Crippen LogP contribution is 2.40. The first-order valence-corrected chi connectivity index (χ1v) is 5.56. The van der Waals surface area contributed by atoms with Crippen LogP contribution in [0.4, 0.5) is 0 Å². The van der Waals surface area contributed by atoms with E-state index in [1.165, 1.54) is 0 Å². The third-order valence-electron chi connectivity index (χ3n) is 3.65. The van der Waals surface area contributed by atoms with Crippen molar-refractivity contribution in [1.82, 2.24) is 0 Å². The average molecular weight is 222 g/mol. The van der Waals surface area contributed by atoms with Gasteiger partial charge in [0.05, 0.1) is 0 Å². The molecule has 0 unspecified atom stereocenters. The van der Waals surface area contributed by atoms with E-state index in [4.69, 9.17) is 11.1 Å². The largest absolute Gasteiger partial charge is 0.0876 e. The summed E-state index contributed by atoms with van der Waals surface area (Å²) in [6.07, 6.45) is 3.63. The first-order valence-electron chi connectivity index (χ1n) is 5.56. The lowest BCUT2D eigenvalue weighted by Crippen LogP contribution is -2.37. The molecule has 88 valence electrons. The first-order chi connectivity index (χ1) is 7.43. The van der Waals surface area contributed by atoms with Gasteiger partial charge in [0.1, 0.15) is 0 Å². The van der Waals surface area contributed by atoms with Crippen LogP contribution in [0.15, 0.2) is 10.2 Å². The van der Waals surface area contributed by atoms with Crippen LogP contribution in [0.3, 0.4) is 0 Å². The number of nitrogens with zero attached hydrogens (tertiary/aromatic N) is 6. The maximum absolute atomic E-state index is 8.51. The fraction of sp³-hybridized carbons (Fsp3) is 1.00. The summed E-state index contributed by atoms with van der Waals surface area (Å²) in [4.78, 5) is 5.80. The Morgan fingerprint density at radius 3 is 2.19 bits per heavy atom. The van der Waals surface area contributed by atoms with Gasteiger partial charge < -0.3 is 0 Å². The molecule has 0 saturated heterocycles. The van der Waals surface area contributed by atoms with Crippen LogP contribution >= 0.6 is 0 Å². The molecule has 0 spiro atoms. The molecule has 1 saturated carbocycles. The van der Waals surface area contributed by atoms with Crippen LogP contribution in [0.5, 0.6) is 0 Å². The molecule has 0 aromatic carbocycles. The van der Waals surface area contributed by atoms with Gasteiger partial charge in [0, 0.05) is 20.9 Å². The summed E-state index contributed by atoms with van der Waals surface area (Å²) in [5.41, 5.74) is 16.4. The first kappa shape index (κ1) is 12.7. The minimum Gasteiger partial charge on any atom is -0.0876 e. The zero-order chi connectivity index (χ0) is 12.2. The van der Waals surface area contributed by atoms with Crippen LogP contribution in [-0.2, 0) is 0 Å². The van der Waals surface area contributed by atoms with E-state index in [1.54, 1.807) is 0 Å². The summed E-state index contributed by atoms with van der Waals surface area (Å²) in [6.45, 7) is 5.92. The molecule has 0 N–H and O–H groups in total. The standard InChI is InChI=1S/C10H18N6/c1-9(2,13-15-11)8-4-6-10(3,7-5-8)14-16-12/h8H,4-7H2,1-3H3. The second kappa shape index (κ2) is 4.64. The van der Waals surface area contributed by atoms with E-state index in [2.05, 4.69) is 20.1 Å². The van der Waals surface area contributed by atoms with E-state index in [1.807, 2.05) is 20.8 Å². The van der Waals surface area contributed by atoms with Crippen molar-refractivity contribution in [2.45, 2.75) is 57.5 Å². The van der Waals surface area contributed by atoms with Gasteiger partial charge in [0.2, 0.25) is 0 Å².